The molecule has 1 N–H and O–H groups in total. The zero-order valence-corrected chi connectivity index (χ0v) is 9.76. The molecule has 0 saturated carbocycles. The molecule has 1 aliphatic heterocycles. The van der Waals surface area contributed by atoms with E-state index in [4.69, 9.17) is 9.84 Å². The molecule has 0 spiro atoms. The molecule has 4 nitrogen and oxygen atoms in total. The number of nitrogens with zero attached hydrogens (tertiary/aromatic N) is 1. The molecule has 0 unspecified atom stereocenters. The zero-order valence-electron chi connectivity index (χ0n) is 9.76. The number of aliphatic hydroxyl groups is 1. The molecular formula is C13H17NO3. The molecule has 92 valence electrons. The number of aliphatic hydroxyl groups excluding tert-OH is 1. The van der Waals surface area contributed by atoms with Gasteiger partial charge >= 0.3 is 0 Å². The normalized spacial score (nSPS) is 14.5. The van der Waals surface area contributed by atoms with Crippen LogP contribution in [0.25, 0.3) is 0 Å². The molecule has 0 fully saturated rings. The van der Waals surface area contributed by atoms with E-state index in [1.165, 1.54) is 11.1 Å². The Balaban J connectivity index is 1.91. The van der Waals surface area contributed by atoms with Crippen molar-refractivity contribution in [1.82, 2.24) is 4.90 Å². The topological polar surface area (TPSA) is 49.8 Å². The van der Waals surface area contributed by atoms with Gasteiger partial charge in [0.15, 0.2) is 0 Å². The fraction of sp³-hybridized carbons (Fsp3) is 0.462. The van der Waals surface area contributed by atoms with Crippen molar-refractivity contribution in [1.29, 1.82) is 0 Å². The van der Waals surface area contributed by atoms with Crippen LogP contribution in [0.3, 0.4) is 0 Å². The van der Waals surface area contributed by atoms with Gasteiger partial charge in [-0.25, -0.2) is 0 Å². The van der Waals surface area contributed by atoms with E-state index in [0.29, 0.717) is 6.54 Å². The van der Waals surface area contributed by atoms with Gasteiger partial charge in [0.1, 0.15) is 6.61 Å². The first-order valence-corrected chi connectivity index (χ1v) is 5.84. The molecule has 0 aliphatic carbocycles. The quantitative estimate of drug-likeness (QED) is 0.777. The van der Waals surface area contributed by atoms with Crippen molar-refractivity contribution in [2.45, 2.75) is 13.0 Å². The van der Waals surface area contributed by atoms with Crippen LogP contribution in [0.5, 0.6) is 0 Å². The van der Waals surface area contributed by atoms with E-state index in [2.05, 4.69) is 12.1 Å². The third-order valence-electron chi connectivity index (χ3n) is 2.94. The summed E-state index contributed by atoms with van der Waals surface area (Å²) >= 11 is 0. The third-order valence-corrected chi connectivity index (χ3v) is 2.94. The van der Waals surface area contributed by atoms with Gasteiger partial charge in [-0.05, 0) is 17.5 Å². The lowest BCUT2D eigenvalue weighted by Crippen LogP contribution is -2.38. The smallest absolute Gasteiger partial charge is 0.248 e. The van der Waals surface area contributed by atoms with E-state index in [1.807, 2.05) is 12.1 Å². The van der Waals surface area contributed by atoms with Crippen LogP contribution in [0.1, 0.15) is 11.1 Å². The summed E-state index contributed by atoms with van der Waals surface area (Å²) in [5.41, 5.74) is 2.54. The highest BCUT2D eigenvalue weighted by molar-refractivity contribution is 5.77. The second kappa shape index (κ2) is 5.80. The maximum atomic E-state index is 11.8. The summed E-state index contributed by atoms with van der Waals surface area (Å²) in [6.07, 6.45) is 0.905. The number of amides is 1. The fourth-order valence-electron chi connectivity index (χ4n) is 2.02. The van der Waals surface area contributed by atoms with Crippen molar-refractivity contribution in [2.24, 2.45) is 0 Å². The van der Waals surface area contributed by atoms with Crippen molar-refractivity contribution in [3.63, 3.8) is 0 Å². The second-order valence-corrected chi connectivity index (χ2v) is 4.11. The number of benzene rings is 1. The molecule has 1 amide bonds. The summed E-state index contributed by atoms with van der Waals surface area (Å²) in [6.45, 7) is 1.64. The van der Waals surface area contributed by atoms with Crippen LogP contribution in [-0.2, 0) is 22.5 Å². The maximum absolute atomic E-state index is 11.8. The van der Waals surface area contributed by atoms with E-state index in [-0.39, 0.29) is 25.7 Å². The van der Waals surface area contributed by atoms with Gasteiger partial charge in [0.05, 0.1) is 13.2 Å². The van der Waals surface area contributed by atoms with Crippen molar-refractivity contribution in [3.8, 4) is 0 Å². The Kier molecular flexibility index (Phi) is 4.12. The summed E-state index contributed by atoms with van der Waals surface area (Å²) in [5.74, 6) is -0.00652. The largest absolute Gasteiger partial charge is 0.394 e. The van der Waals surface area contributed by atoms with Crippen molar-refractivity contribution in [2.75, 3.05) is 26.4 Å². The highest BCUT2D eigenvalue weighted by atomic mass is 16.5. The monoisotopic (exact) mass is 235 g/mol. The maximum Gasteiger partial charge on any atom is 0.248 e. The number of rotatable bonds is 4. The molecule has 0 atom stereocenters. The zero-order chi connectivity index (χ0) is 12.1. The molecule has 2 rings (SSSR count). The number of carbonyl (C=O) groups is 1. The van der Waals surface area contributed by atoms with Gasteiger partial charge < -0.3 is 14.7 Å². The van der Waals surface area contributed by atoms with Crippen LogP contribution < -0.4 is 0 Å². The van der Waals surface area contributed by atoms with E-state index in [0.717, 1.165) is 13.0 Å². The molecule has 0 saturated heterocycles. The minimum atomic E-state index is -0.0455. The van der Waals surface area contributed by atoms with Crippen molar-refractivity contribution < 1.29 is 14.6 Å². The molecular weight excluding hydrogens is 218 g/mol. The number of hydrogen-bond donors (Lipinski definition) is 1. The van der Waals surface area contributed by atoms with Crippen LogP contribution in [-0.4, -0.2) is 42.3 Å². The summed E-state index contributed by atoms with van der Waals surface area (Å²) in [5, 5.41) is 8.57. The molecule has 1 aromatic rings. The molecule has 0 bridgehead atoms. The lowest BCUT2D eigenvalue weighted by atomic mass is 10.00. The van der Waals surface area contributed by atoms with Crippen LogP contribution in [0.15, 0.2) is 24.3 Å². The first-order chi connectivity index (χ1) is 8.31. The average molecular weight is 235 g/mol. The van der Waals surface area contributed by atoms with Gasteiger partial charge in [-0.15, -0.1) is 0 Å². The summed E-state index contributed by atoms with van der Waals surface area (Å²) in [6, 6.07) is 8.19. The average Bonchev–Trinajstić information content (AvgIpc) is 2.38. The lowest BCUT2D eigenvalue weighted by molar-refractivity contribution is -0.137. The summed E-state index contributed by atoms with van der Waals surface area (Å²) in [4.78, 5) is 13.6. The van der Waals surface area contributed by atoms with Crippen molar-refractivity contribution in [3.05, 3.63) is 35.4 Å². The molecule has 1 aliphatic rings. The molecule has 0 radical (unpaired) electrons. The SMILES string of the molecule is O=C(COCCO)N1CCc2ccccc2C1. The minimum Gasteiger partial charge on any atom is -0.394 e. The Hall–Kier alpha value is -1.39. The number of fused-ring (bicyclic) bond motifs is 1. The first-order valence-electron chi connectivity index (χ1n) is 5.84. The summed E-state index contributed by atoms with van der Waals surface area (Å²) in [7, 11) is 0. The number of hydrogen-bond acceptors (Lipinski definition) is 3. The van der Waals surface area contributed by atoms with E-state index < -0.39 is 0 Å². The fourth-order valence-corrected chi connectivity index (χ4v) is 2.02. The van der Waals surface area contributed by atoms with Crippen LogP contribution in [0, 0.1) is 0 Å². The number of carbonyl (C=O) groups excluding carboxylic acids is 1. The summed E-state index contributed by atoms with van der Waals surface area (Å²) < 4.78 is 5.04. The Morgan fingerprint density at radius 1 is 1.35 bits per heavy atom. The van der Waals surface area contributed by atoms with Crippen LogP contribution >= 0.6 is 0 Å². The first kappa shape index (κ1) is 12.1. The van der Waals surface area contributed by atoms with Crippen molar-refractivity contribution >= 4 is 5.91 Å². The van der Waals surface area contributed by atoms with Crippen LogP contribution in [0.2, 0.25) is 0 Å². The molecule has 17 heavy (non-hydrogen) atoms. The Morgan fingerprint density at radius 3 is 2.88 bits per heavy atom. The van der Waals surface area contributed by atoms with Crippen LogP contribution in [0.4, 0.5) is 0 Å². The molecule has 1 heterocycles. The van der Waals surface area contributed by atoms with E-state index in [9.17, 15) is 4.79 Å². The van der Waals surface area contributed by atoms with Gasteiger partial charge in [0, 0.05) is 13.1 Å². The highest BCUT2D eigenvalue weighted by Gasteiger charge is 2.19. The predicted molar refractivity (Wildman–Crippen MR) is 63.5 cm³/mol. The van der Waals surface area contributed by atoms with Gasteiger partial charge in [-0.2, -0.15) is 0 Å². The third kappa shape index (κ3) is 3.05. The van der Waals surface area contributed by atoms with Gasteiger partial charge in [0.2, 0.25) is 5.91 Å². The second-order valence-electron chi connectivity index (χ2n) is 4.11. The van der Waals surface area contributed by atoms with Gasteiger partial charge in [-0.1, -0.05) is 24.3 Å². The molecule has 0 aromatic heterocycles. The standard InChI is InChI=1S/C13H17NO3/c15-7-8-17-10-13(16)14-6-5-11-3-1-2-4-12(11)9-14/h1-4,15H,5-10H2. The molecule has 1 aromatic carbocycles. The van der Waals surface area contributed by atoms with E-state index >= 15 is 0 Å². The van der Waals surface area contributed by atoms with Gasteiger partial charge in [-0.3, -0.25) is 4.79 Å². The lowest BCUT2D eigenvalue weighted by Gasteiger charge is -2.28. The van der Waals surface area contributed by atoms with E-state index in [1.54, 1.807) is 4.90 Å². The Labute approximate surface area is 101 Å². The van der Waals surface area contributed by atoms with Gasteiger partial charge in [0.25, 0.3) is 0 Å². The highest BCUT2D eigenvalue weighted by Crippen LogP contribution is 2.18. The predicted octanol–water partition coefficient (Wildman–Crippen LogP) is 0.580. The number of ether oxygens (including phenoxy) is 1. The minimum absolute atomic E-state index is 0.00652. The Bertz CT molecular complexity index is 392. The Morgan fingerprint density at radius 2 is 2.12 bits per heavy atom. The molecule has 4 heteroatoms.